The van der Waals surface area contributed by atoms with Crippen LogP contribution in [-0.2, 0) is 9.39 Å². The van der Waals surface area contributed by atoms with Gasteiger partial charge in [0, 0.05) is 6.42 Å². The van der Waals surface area contributed by atoms with E-state index >= 15 is 0 Å². The molecule has 0 saturated heterocycles. The highest BCUT2D eigenvalue weighted by atomic mass is 16.6. The molecule has 56 valence electrons. The summed E-state index contributed by atoms with van der Waals surface area (Å²) in [6.07, 6.45) is 3.57. The van der Waals surface area contributed by atoms with Crippen LogP contribution in [0, 0.1) is 0 Å². The van der Waals surface area contributed by atoms with Crippen LogP contribution in [0.4, 0.5) is 0 Å². The lowest BCUT2D eigenvalue weighted by Gasteiger charge is -2.16. The van der Waals surface area contributed by atoms with Crippen LogP contribution in [0.1, 0.15) is 6.42 Å². The summed E-state index contributed by atoms with van der Waals surface area (Å²) in [7, 11) is -1.69. The SMILES string of the molecule is OB(O)OC1C=COCC1. The lowest BCUT2D eigenvalue weighted by molar-refractivity contribution is 0.101. The van der Waals surface area contributed by atoms with Crippen LogP contribution < -0.4 is 0 Å². The monoisotopic (exact) mass is 144 g/mol. The van der Waals surface area contributed by atoms with Gasteiger partial charge >= 0.3 is 7.32 Å². The molecular formula is C5H9BO4. The van der Waals surface area contributed by atoms with E-state index in [-0.39, 0.29) is 6.10 Å². The Hall–Kier alpha value is -0.515. The highest BCUT2D eigenvalue weighted by molar-refractivity contribution is 6.32. The van der Waals surface area contributed by atoms with Crippen LogP contribution in [0.15, 0.2) is 12.3 Å². The minimum Gasteiger partial charge on any atom is -0.501 e. The number of hydrogen-bond acceptors (Lipinski definition) is 4. The van der Waals surface area contributed by atoms with Crippen LogP contribution in [0.5, 0.6) is 0 Å². The molecule has 1 rings (SSSR count). The summed E-state index contributed by atoms with van der Waals surface area (Å²) in [6, 6.07) is 0. The third-order valence-corrected chi connectivity index (χ3v) is 1.21. The number of rotatable bonds is 2. The van der Waals surface area contributed by atoms with Crippen molar-refractivity contribution in [3.05, 3.63) is 12.3 Å². The summed E-state index contributed by atoms with van der Waals surface area (Å²) in [5.74, 6) is 0. The zero-order valence-corrected chi connectivity index (χ0v) is 5.43. The summed E-state index contributed by atoms with van der Waals surface area (Å²) in [5.41, 5.74) is 0. The van der Waals surface area contributed by atoms with E-state index < -0.39 is 7.32 Å². The Morgan fingerprint density at radius 1 is 1.60 bits per heavy atom. The summed E-state index contributed by atoms with van der Waals surface area (Å²) in [4.78, 5) is 0. The zero-order chi connectivity index (χ0) is 7.40. The van der Waals surface area contributed by atoms with Crippen molar-refractivity contribution in [2.45, 2.75) is 12.5 Å². The van der Waals surface area contributed by atoms with Gasteiger partial charge in [-0.3, -0.25) is 0 Å². The van der Waals surface area contributed by atoms with Gasteiger partial charge in [-0.2, -0.15) is 0 Å². The molecule has 1 heterocycles. The van der Waals surface area contributed by atoms with Gasteiger partial charge in [0.25, 0.3) is 0 Å². The Labute approximate surface area is 59.2 Å². The van der Waals surface area contributed by atoms with Crippen LogP contribution in [0.2, 0.25) is 0 Å². The molecule has 10 heavy (non-hydrogen) atoms. The van der Waals surface area contributed by atoms with Crippen molar-refractivity contribution in [1.29, 1.82) is 0 Å². The Kier molecular flexibility index (Phi) is 2.74. The molecule has 0 aliphatic carbocycles. The molecule has 1 atom stereocenters. The minimum atomic E-state index is -1.69. The highest BCUT2D eigenvalue weighted by Gasteiger charge is 2.17. The average molecular weight is 144 g/mol. The molecular weight excluding hydrogens is 135 g/mol. The molecule has 1 aliphatic heterocycles. The van der Waals surface area contributed by atoms with Crippen LogP contribution in [0.25, 0.3) is 0 Å². The fourth-order valence-corrected chi connectivity index (χ4v) is 0.761. The normalized spacial score (nSPS) is 24.0. The van der Waals surface area contributed by atoms with Gasteiger partial charge in [0.2, 0.25) is 0 Å². The predicted octanol–water partition coefficient (Wildman–Crippen LogP) is -0.725. The van der Waals surface area contributed by atoms with E-state index in [1.54, 1.807) is 6.08 Å². The second kappa shape index (κ2) is 3.60. The molecule has 1 aliphatic rings. The molecule has 4 nitrogen and oxygen atoms in total. The molecule has 0 aromatic rings. The quantitative estimate of drug-likeness (QED) is 0.502. The Bertz CT molecular complexity index is 125. The maximum atomic E-state index is 8.36. The van der Waals surface area contributed by atoms with Gasteiger partial charge in [-0.15, -0.1) is 0 Å². The topological polar surface area (TPSA) is 58.9 Å². The van der Waals surface area contributed by atoms with Crippen molar-refractivity contribution in [2.24, 2.45) is 0 Å². The Morgan fingerprint density at radius 3 is 2.90 bits per heavy atom. The van der Waals surface area contributed by atoms with Crippen molar-refractivity contribution in [3.63, 3.8) is 0 Å². The Balaban J connectivity index is 2.26. The molecule has 0 fully saturated rings. The third kappa shape index (κ3) is 2.39. The standard InChI is InChI=1S/C5H9BO4/c7-6(8)10-5-1-3-9-4-2-5/h1,3,5,7-8H,2,4H2. The first-order valence-electron chi connectivity index (χ1n) is 3.09. The van der Waals surface area contributed by atoms with E-state index in [2.05, 4.69) is 4.65 Å². The van der Waals surface area contributed by atoms with Gasteiger partial charge in [0.1, 0.15) is 0 Å². The van der Waals surface area contributed by atoms with Crippen molar-refractivity contribution in [3.8, 4) is 0 Å². The molecule has 0 saturated carbocycles. The predicted molar refractivity (Wildman–Crippen MR) is 34.8 cm³/mol. The lowest BCUT2D eigenvalue weighted by Crippen LogP contribution is -2.26. The summed E-state index contributed by atoms with van der Waals surface area (Å²) < 4.78 is 9.49. The molecule has 0 spiro atoms. The molecule has 0 radical (unpaired) electrons. The lowest BCUT2D eigenvalue weighted by atomic mass is 10.2. The molecule has 0 aromatic carbocycles. The van der Waals surface area contributed by atoms with Crippen LogP contribution in [0.3, 0.4) is 0 Å². The van der Waals surface area contributed by atoms with E-state index in [0.717, 1.165) is 0 Å². The van der Waals surface area contributed by atoms with Gasteiger partial charge < -0.3 is 19.4 Å². The molecule has 5 heteroatoms. The summed E-state index contributed by atoms with van der Waals surface area (Å²) in [6.45, 7) is 0.563. The van der Waals surface area contributed by atoms with Crippen molar-refractivity contribution in [2.75, 3.05) is 6.61 Å². The van der Waals surface area contributed by atoms with Crippen LogP contribution >= 0.6 is 0 Å². The van der Waals surface area contributed by atoms with Gasteiger partial charge in [-0.05, 0) is 6.08 Å². The highest BCUT2D eigenvalue weighted by Crippen LogP contribution is 2.06. The maximum absolute atomic E-state index is 8.36. The fourth-order valence-electron chi connectivity index (χ4n) is 0.761. The number of ether oxygens (including phenoxy) is 1. The van der Waals surface area contributed by atoms with Crippen LogP contribution in [-0.4, -0.2) is 30.1 Å². The van der Waals surface area contributed by atoms with E-state index in [4.69, 9.17) is 14.8 Å². The smallest absolute Gasteiger partial charge is 0.501 e. The molecule has 0 amide bonds. The van der Waals surface area contributed by atoms with E-state index in [9.17, 15) is 0 Å². The fraction of sp³-hybridized carbons (Fsp3) is 0.600. The van der Waals surface area contributed by atoms with E-state index in [1.165, 1.54) is 6.26 Å². The first kappa shape index (κ1) is 7.59. The maximum Gasteiger partial charge on any atom is 0.634 e. The van der Waals surface area contributed by atoms with Gasteiger partial charge in [-0.1, -0.05) is 0 Å². The summed E-state index contributed by atoms with van der Waals surface area (Å²) in [5, 5.41) is 16.7. The van der Waals surface area contributed by atoms with E-state index in [0.29, 0.717) is 13.0 Å². The van der Waals surface area contributed by atoms with Crippen molar-refractivity contribution in [1.82, 2.24) is 0 Å². The average Bonchev–Trinajstić information content (AvgIpc) is 1.88. The summed E-state index contributed by atoms with van der Waals surface area (Å²) >= 11 is 0. The number of hydrogen-bond donors (Lipinski definition) is 2. The largest absolute Gasteiger partial charge is 0.634 e. The molecule has 2 N–H and O–H groups in total. The van der Waals surface area contributed by atoms with E-state index in [1.807, 2.05) is 0 Å². The van der Waals surface area contributed by atoms with Gasteiger partial charge in [0.15, 0.2) is 0 Å². The Morgan fingerprint density at radius 2 is 2.40 bits per heavy atom. The zero-order valence-electron chi connectivity index (χ0n) is 5.43. The van der Waals surface area contributed by atoms with Crippen molar-refractivity contribution < 1.29 is 19.4 Å². The minimum absolute atomic E-state index is 0.228. The third-order valence-electron chi connectivity index (χ3n) is 1.21. The molecule has 0 aromatic heterocycles. The van der Waals surface area contributed by atoms with Gasteiger partial charge in [-0.25, -0.2) is 0 Å². The second-order valence-corrected chi connectivity index (χ2v) is 1.99. The molecule has 1 unspecified atom stereocenters. The van der Waals surface area contributed by atoms with Gasteiger partial charge in [0.05, 0.1) is 19.0 Å². The first-order chi connectivity index (χ1) is 4.79. The first-order valence-corrected chi connectivity index (χ1v) is 3.09. The second-order valence-electron chi connectivity index (χ2n) is 1.99. The molecule has 0 bridgehead atoms. The van der Waals surface area contributed by atoms with Crippen molar-refractivity contribution >= 4 is 7.32 Å².